The van der Waals surface area contributed by atoms with Gasteiger partial charge in [-0.3, -0.25) is 0 Å². The van der Waals surface area contributed by atoms with E-state index in [9.17, 15) is 0 Å². The van der Waals surface area contributed by atoms with E-state index in [1.807, 2.05) is 6.92 Å². The van der Waals surface area contributed by atoms with E-state index < -0.39 is 16.6 Å². The summed E-state index contributed by atoms with van der Waals surface area (Å²) in [5.41, 5.74) is 2.23. The Bertz CT molecular complexity index is 738. The highest BCUT2D eigenvalue weighted by atomic mass is 28.4. The molecule has 0 aromatic heterocycles. The van der Waals surface area contributed by atoms with E-state index in [0.29, 0.717) is 6.61 Å². The van der Waals surface area contributed by atoms with Crippen LogP contribution < -0.4 is 0 Å². The van der Waals surface area contributed by atoms with Gasteiger partial charge in [0, 0.05) is 0 Å². The molecular formula is C28H54O4Si2. The third kappa shape index (κ3) is 9.09. The third-order valence-electron chi connectivity index (χ3n) is 7.88. The fraction of sp³-hybridized carbons (Fsp3) is 0.786. The van der Waals surface area contributed by atoms with Crippen LogP contribution >= 0.6 is 0 Å². The molecule has 1 rings (SSSR count). The van der Waals surface area contributed by atoms with Crippen molar-refractivity contribution in [1.29, 1.82) is 0 Å². The van der Waals surface area contributed by atoms with Crippen LogP contribution in [0, 0.1) is 0 Å². The highest BCUT2D eigenvalue weighted by molar-refractivity contribution is 6.74. The molecule has 34 heavy (non-hydrogen) atoms. The lowest BCUT2D eigenvalue weighted by molar-refractivity contribution is -0.0779. The Hall–Kier alpha value is -0.666. The van der Waals surface area contributed by atoms with Crippen LogP contribution in [0.1, 0.15) is 74.7 Å². The van der Waals surface area contributed by atoms with Crippen molar-refractivity contribution in [2.45, 2.75) is 129 Å². The molecule has 0 spiro atoms. The second-order valence-corrected chi connectivity index (χ2v) is 22.6. The van der Waals surface area contributed by atoms with Crippen LogP contribution in [0.2, 0.25) is 36.3 Å². The highest BCUT2D eigenvalue weighted by Gasteiger charge is 2.43. The molecule has 1 aliphatic heterocycles. The zero-order valence-electron chi connectivity index (χ0n) is 24.6. The fourth-order valence-electron chi connectivity index (χ4n) is 3.44. The van der Waals surface area contributed by atoms with Gasteiger partial charge in [0.25, 0.3) is 0 Å². The van der Waals surface area contributed by atoms with Crippen molar-refractivity contribution in [2.24, 2.45) is 0 Å². The number of hydrogen-bond donors (Lipinski definition) is 0. The summed E-state index contributed by atoms with van der Waals surface area (Å²) in [6, 6.07) is 0. The lowest BCUT2D eigenvalue weighted by Crippen LogP contribution is -2.51. The predicted molar refractivity (Wildman–Crippen MR) is 151 cm³/mol. The van der Waals surface area contributed by atoms with Crippen LogP contribution in [0.4, 0.5) is 0 Å². The second kappa shape index (κ2) is 12.0. The Morgan fingerprint density at radius 3 is 2.12 bits per heavy atom. The van der Waals surface area contributed by atoms with E-state index in [2.05, 4.69) is 93.4 Å². The summed E-state index contributed by atoms with van der Waals surface area (Å²) in [4.78, 5) is 0. The molecule has 6 heteroatoms. The lowest BCUT2D eigenvalue weighted by Gasteiger charge is -2.43. The molecule has 0 saturated heterocycles. The van der Waals surface area contributed by atoms with Crippen molar-refractivity contribution in [3.8, 4) is 0 Å². The summed E-state index contributed by atoms with van der Waals surface area (Å²) in [5, 5.41) is 0.270. The molecule has 3 atom stereocenters. The SMILES string of the molecule is C=C(C)/C(=C/[C@H]1C/C(C)=C\CC[C@@H](O[Si](C)(C)C(C)(C)C)[C@@H](CO[Si](C)(C)C(C)(C)C)O1)OC. The molecule has 0 N–H and O–H groups in total. The molecule has 0 unspecified atom stereocenters. The van der Waals surface area contributed by atoms with Crippen LogP contribution in [-0.2, 0) is 18.3 Å². The molecule has 0 aromatic carbocycles. The van der Waals surface area contributed by atoms with Gasteiger partial charge in [-0.05, 0) is 81.0 Å². The van der Waals surface area contributed by atoms with Gasteiger partial charge in [-0.2, -0.15) is 0 Å². The minimum Gasteiger partial charge on any atom is -0.497 e. The average molecular weight is 511 g/mol. The Balaban J connectivity index is 3.40. The van der Waals surface area contributed by atoms with Crippen molar-refractivity contribution in [2.75, 3.05) is 13.7 Å². The molecule has 0 bridgehead atoms. The summed E-state index contributed by atoms with van der Waals surface area (Å²) >= 11 is 0. The van der Waals surface area contributed by atoms with Crippen molar-refractivity contribution < 1.29 is 18.3 Å². The summed E-state index contributed by atoms with van der Waals surface area (Å²) in [7, 11) is -2.24. The third-order valence-corrected chi connectivity index (χ3v) is 16.9. The first-order valence-corrected chi connectivity index (χ1v) is 18.7. The monoisotopic (exact) mass is 510 g/mol. The largest absolute Gasteiger partial charge is 0.497 e. The van der Waals surface area contributed by atoms with Crippen LogP contribution in [0.25, 0.3) is 0 Å². The number of allylic oxidation sites excluding steroid dienone is 2. The van der Waals surface area contributed by atoms with Crippen molar-refractivity contribution in [3.63, 3.8) is 0 Å². The van der Waals surface area contributed by atoms with E-state index >= 15 is 0 Å². The molecule has 4 nitrogen and oxygen atoms in total. The lowest BCUT2D eigenvalue weighted by atomic mass is 10.1. The van der Waals surface area contributed by atoms with Gasteiger partial charge >= 0.3 is 0 Å². The number of hydrogen-bond acceptors (Lipinski definition) is 4. The molecule has 0 aromatic rings. The summed E-state index contributed by atoms with van der Waals surface area (Å²) in [6.45, 7) is 31.8. The number of methoxy groups -OCH3 is 1. The van der Waals surface area contributed by atoms with Gasteiger partial charge in [0.15, 0.2) is 16.6 Å². The van der Waals surface area contributed by atoms with Gasteiger partial charge in [0.2, 0.25) is 0 Å². The maximum absolute atomic E-state index is 7.01. The van der Waals surface area contributed by atoms with E-state index in [1.54, 1.807) is 7.11 Å². The summed E-state index contributed by atoms with van der Waals surface area (Å²) in [6.07, 6.45) is 6.88. The smallest absolute Gasteiger partial charge is 0.192 e. The Kier molecular flexibility index (Phi) is 11.1. The average Bonchev–Trinajstić information content (AvgIpc) is 2.72. The first-order valence-electron chi connectivity index (χ1n) is 12.9. The van der Waals surface area contributed by atoms with Crippen molar-refractivity contribution in [3.05, 3.63) is 35.6 Å². The van der Waals surface area contributed by atoms with Crippen LogP contribution in [0.5, 0.6) is 0 Å². The molecule has 0 fully saturated rings. The highest BCUT2D eigenvalue weighted by Crippen LogP contribution is 2.40. The second-order valence-electron chi connectivity index (χ2n) is 13.0. The van der Waals surface area contributed by atoms with Gasteiger partial charge in [-0.1, -0.05) is 59.8 Å². The Morgan fingerprint density at radius 2 is 1.65 bits per heavy atom. The Morgan fingerprint density at radius 1 is 1.09 bits per heavy atom. The van der Waals surface area contributed by atoms with Crippen molar-refractivity contribution in [1.82, 2.24) is 0 Å². The molecular weight excluding hydrogens is 456 g/mol. The topological polar surface area (TPSA) is 36.9 Å². The zero-order chi connectivity index (χ0) is 26.5. The maximum atomic E-state index is 7.01. The normalized spacial score (nSPS) is 25.6. The maximum Gasteiger partial charge on any atom is 0.192 e. The van der Waals surface area contributed by atoms with Gasteiger partial charge in [-0.25, -0.2) is 0 Å². The van der Waals surface area contributed by atoms with E-state index in [1.165, 1.54) is 5.57 Å². The molecule has 198 valence electrons. The van der Waals surface area contributed by atoms with Gasteiger partial charge < -0.3 is 18.3 Å². The quantitative estimate of drug-likeness (QED) is 0.142. The minimum atomic E-state index is -2.00. The van der Waals surface area contributed by atoms with E-state index in [0.717, 1.165) is 30.6 Å². The standard InChI is InChI=1S/C28H54O4Si2/c1-21(2)25(29-10)19-23-18-22(3)16-15-17-24(32-34(13,14)28(7,8)9)26(31-23)20-30-33(11,12)27(4,5)6/h16,19,23-24,26H,1,15,17-18,20H2,2-14H3/b22-16-,25-19-/t23-,24-,26-/m1/s1. The minimum absolute atomic E-state index is 0.0143. The number of ether oxygens (including phenoxy) is 2. The first-order chi connectivity index (χ1) is 15.3. The number of rotatable bonds is 8. The molecule has 0 aliphatic carbocycles. The molecule has 1 heterocycles. The van der Waals surface area contributed by atoms with Crippen molar-refractivity contribution >= 4 is 16.6 Å². The first kappa shape index (κ1) is 31.4. The van der Waals surface area contributed by atoms with Gasteiger partial charge in [-0.15, -0.1) is 0 Å². The van der Waals surface area contributed by atoms with Crippen LogP contribution in [0.15, 0.2) is 35.6 Å². The van der Waals surface area contributed by atoms with Gasteiger partial charge in [0.1, 0.15) is 11.9 Å². The molecule has 0 amide bonds. The Labute approximate surface area is 213 Å². The van der Waals surface area contributed by atoms with Crippen LogP contribution in [0.3, 0.4) is 0 Å². The molecule has 1 aliphatic rings. The van der Waals surface area contributed by atoms with Crippen LogP contribution in [-0.4, -0.2) is 48.7 Å². The summed E-state index contributed by atoms with van der Waals surface area (Å²) in [5.74, 6) is 0.781. The summed E-state index contributed by atoms with van der Waals surface area (Å²) < 4.78 is 26.2. The molecule has 0 saturated carbocycles. The van der Waals surface area contributed by atoms with Gasteiger partial charge in [0.05, 0.1) is 25.9 Å². The van der Waals surface area contributed by atoms with E-state index in [4.69, 9.17) is 18.3 Å². The molecule has 0 radical (unpaired) electrons. The zero-order valence-corrected chi connectivity index (χ0v) is 26.6. The fourth-order valence-corrected chi connectivity index (χ4v) is 5.83. The van der Waals surface area contributed by atoms with E-state index in [-0.39, 0.29) is 28.4 Å². The predicted octanol–water partition coefficient (Wildman–Crippen LogP) is 8.39.